The molecular formula is C12H15N3O2. The van der Waals surface area contributed by atoms with Crippen molar-refractivity contribution in [2.75, 3.05) is 18.0 Å². The van der Waals surface area contributed by atoms with Crippen LogP contribution in [0.4, 0.5) is 5.69 Å². The van der Waals surface area contributed by atoms with E-state index in [1.165, 1.54) is 0 Å². The van der Waals surface area contributed by atoms with E-state index in [9.17, 15) is 4.79 Å². The van der Waals surface area contributed by atoms with Gasteiger partial charge in [0.2, 0.25) is 0 Å². The van der Waals surface area contributed by atoms with Gasteiger partial charge in [0.05, 0.1) is 5.52 Å². The van der Waals surface area contributed by atoms with Crippen molar-refractivity contribution >= 4 is 22.6 Å². The number of carbonyl (C=O) groups is 1. The zero-order valence-corrected chi connectivity index (χ0v) is 9.90. The first-order chi connectivity index (χ1) is 8.17. The van der Waals surface area contributed by atoms with Crippen LogP contribution >= 0.6 is 0 Å². The van der Waals surface area contributed by atoms with Crippen LogP contribution in [0.1, 0.15) is 24.3 Å². The minimum absolute atomic E-state index is 0.0778. The monoisotopic (exact) mass is 233 g/mol. The summed E-state index contributed by atoms with van der Waals surface area (Å²) in [6.07, 6.45) is 0. The molecule has 1 aromatic carbocycles. The van der Waals surface area contributed by atoms with E-state index in [0.717, 1.165) is 24.3 Å². The van der Waals surface area contributed by atoms with Gasteiger partial charge in [-0.3, -0.25) is 5.10 Å². The molecule has 0 aliphatic rings. The van der Waals surface area contributed by atoms with Gasteiger partial charge in [0.25, 0.3) is 0 Å². The third-order valence-corrected chi connectivity index (χ3v) is 2.88. The number of hydrogen-bond donors (Lipinski definition) is 2. The first-order valence-electron chi connectivity index (χ1n) is 5.63. The molecule has 0 aliphatic heterocycles. The van der Waals surface area contributed by atoms with Crippen molar-refractivity contribution in [1.29, 1.82) is 0 Å². The van der Waals surface area contributed by atoms with E-state index in [1.54, 1.807) is 0 Å². The second-order valence-electron chi connectivity index (χ2n) is 3.78. The highest BCUT2D eigenvalue weighted by atomic mass is 16.4. The van der Waals surface area contributed by atoms with E-state index in [2.05, 4.69) is 28.9 Å². The number of fused-ring (bicyclic) bond motifs is 1. The Morgan fingerprint density at radius 3 is 2.71 bits per heavy atom. The molecule has 0 amide bonds. The van der Waals surface area contributed by atoms with Gasteiger partial charge in [-0.15, -0.1) is 0 Å². The van der Waals surface area contributed by atoms with Gasteiger partial charge < -0.3 is 10.0 Å². The largest absolute Gasteiger partial charge is 0.476 e. The number of hydrogen-bond acceptors (Lipinski definition) is 3. The molecule has 0 aliphatic carbocycles. The SMILES string of the molecule is CCN(CC)c1ccc2[nH]nc(C(=O)O)c2c1. The number of carboxylic acids is 1. The maximum absolute atomic E-state index is 11.0. The zero-order valence-electron chi connectivity index (χ0n) is 9.90. The average Bonchev–Trinajstić information content (AvgIpc) is 2.73. The summed E-state index contributed by atoms with van der Waals surface area (Å²) in [5, 5.41) is 16.2. The number of rotatable bonds is 4. The van der Waals surface area contributed by atoms with Crippen molar-refractivity contribution in [3.63, 3.8) is 0 Å². The minimum Gasteiger partial charge on any atom is -0.476 e. The Kier molecular flexibility index (Phi) is 2.99. The molecule has 90 valence electrons. The Bertz CT molecular complexity index is 544. The first kappa shape index (κ1) is 11.4. The fraction of sp³-hybridized carbons (Fsp3) is 0.333. The molecule has 0 saturated heterocycles. The first-order valence-corrected chi connectivity index (χ1v) is 5.63. The summed E-state index contributed by atoms with van der Waals surface area (Å²) in [6, 6.07) is 5.71. The highest BCUT2D eigenvalue weighted by molar-refractivity contribution is 6.01. The Labute approximate surface area is 99.1 Å². The second kappa shape index (κ2) is 4.45. The van der Waals surface area contributed by atoms with E-state index in [-0.39, 0.29) is 5.69 Å². The lowest BCUT2D eigenvalue weighted by Gasteiger charge is -2.20. The third-order valence-electron chi connectivity index (χ3n) is 2.88. The lowest BCUT2D eigenvalue weighted by atomic mass is 10.1. The fourth-order valence-corrected chi connectivity index (χ4v) is 1.95. The lowest BCUT2D eigenvalue weighted by molar-refractivity contribution is 0.0692. The molecule has 2 aromatic rings. The molecule has 5 heteroatoms. The van der Waals surface area contributed by atoms with Gasteiger partial charge in [-0.25, -0.2) is 4.79 Å². The summed E-state index contributed by atoms with van der Waals surface area (Å²) in [5.74, 6) is -1.01. The molecule has 2 N–H and O–H groups in total. The second-order valence-corrected chi connectivity index (χ2v) is 3.78. The van der Waals surface area contributed by atoms with Gasteiger partial charge in [0.1, 0.15) is 0 Å². The minimum atomic E-state index is -1.01. The number of anilines is 1. The van der Waals surface area contributed by atoms with Gasteiger partial charge in [0, 0.05) is 24.2 Å². The predicted molar refractivity (Wildman–Crippen MR) is 66.6 cm³/mol. The number of carboxylic acid groups (broad SMARTS) is 1. The Morgan fingerprint density at radius 1 is 1.41 bits per heavy atom. The van der Waals surface area contributed by atoms with Gasteiger partial charge in [-0.2, -0.15) is 5.10 Å². The number of aromatic carboxylic acids is 1. The summed E-state index contributed by atoms with van der Waals surface area (Å²) < 4.78 is 0. The summed E-state index contributed by atoms with van der Waals surface area (Å²) in [4.78, 5) is 13.2. The molecule has 0 unspecified atom stereocenters. The molecule has 5 nitrogen and oxygen atoms in total. The molecule has 1 aromatic heterocycles. The van der Waals surface area contributed by atoms with Gasteiger partial charge in [-0.05, 0) is 32.0 Å². The maximum Gasteiger partial charge on any atom is 0.357 e. The van der Waals surface area contributed by atoms with Crippen molar-refractivity contribution in [3.05, 3.63) is 23.9 Å². The molecule has 1 heterocycles. The van der Waals surface area contributed by atoms with Crippen molar-refractivity contribution in [3.8, 4) is 0 Å². The summed E-state index contributed by atoms with van der Waals surface area (Å²) in [7, 11) is 0. The number of nitrogens with zero attached hydrogens (tertiary/aromatic N) is 2. The average molecular weight is 233 g/mol. The molecule has 0 atom stereocenters. The molecule has 0 spiro atoms. The van der Waals surface area contributed by atoms with Crippen molar-refractivity contribution in [1.82, 2.24) is 10.2 Å². The van der Waals surface area contributed by atoms with Gasteiger partial charge >= 0.3 is 5.97 Å². The van der Waals surface area contributed by atoms with Crippen LogP contribution in [0.3, 0.4) is 0 Å². The van der Waals surface area contributed by atoms with Crippen LogP contribution in [-0.4, -0.2) is 34.4 Å². The molecule has 0 radical (unpaired) electrons. The quantitative estimate of drug-likeness (QED) is 0.848. The van der Waals surface area contributed by atoms with Crippen LogP contribution in [0, 0.1) is 0 Å². The van der Waals surface area contributed by atoms with Crippen LogP contribution < -0.4 is 4.90 Å². The smallest absolute Gasteiger partial charge is 0.357 e. The number of aromatic nitrogens is 2. The molecule has 2 rings (SSSR count). The van der Waals surface area contributed by atoms with Crippen LogP contribution in [0.25, 0.3) is 10.9 Å². The van der Waals surface area contributed by atoms with E-state index >= 15 is 0 Å². The van der Waals surface area contributed by atoms with Crippen molar-refractivity contribution in [2.24, 2.45) is 0 Å². The molecule has 0 saturated carbocycles. The van der Waals surface area contributed by atoms with E-state index in [0.29, 0.717) is 5.39 Å². The van der Waals surface area contributed by atoms with Crippen molar-refractivity contribution < 1.29 is 9.90 Å². The lowest BCUT2D eigenvalue weighted by Crippen LogP contribution is -2.21. The molecule has 17 heavy (non-hydrogen) atoms. The van der Waals surface area contributed by atoms with Crippen LogP contribution in [0.2, 0.25) is 0 Å². The predicted octanol–water partition coefficient (Wildman–Crippen LogP) is 2.11. The summed E-state index contributed by atoms with van der Waals surface area (Å²) in [6.45, 7) is 5.92. The van der Waals surface area contributed by atoms with Crippen molar-refractivity contribution in [2.45, 2.75) is 13.8 Å². The number of nitrogens with one attached hydrogen (secondary N) is 1. The van der Waals surface area contributed by atoms with Crippen LogP contribution in [0.15, 0.2) is 18.2 Å². The summed E-state index contributed by atoms with van der Waals surface area (Å²) >= 11 is 0. The van der Waals surface area contributed by atoms with Crippen LogP contribution in [-0.2, 0) is 0 Å². The third kappa shape index (κ3) is 1.95. The highest BCUT2D eigenvalue weighted by Crippen LogP contribution is 2.23. The number of H-pyrrole nitrogens is 1. The van der Waals surface area contributed by atoms with Gasteiger partial charge in [0.15, 0.2) is 5.69 Å². The number of aromatic amines is 1. The number of benzene rings is 1. The molecular weight excluding hydrogens is 218 g/mol. The van der Waals surface area contributed by atoms with E-state index in [1.807, 2.05) is 18.2 Å². The molecule has 0 fully saturated rings. The highest BCUT2D eigenvalue weighted by Gasteiger charge is 2.13. The Morgan fingerprint density at radius 2 is 2.12 bits per heavy atom. The van der Waals surface area contributed by atoms with Gasteiger partial charge in [-0.1, -0.05) is 0 Å². The van der Waals surface area contributed by atoms with Crippen LogP contribution in [0.5, 0.6) is 0 Å². The zero-order chi connectivity index (χ0) is 12.4. The molecule has 0 bridgehead atoms. The van der Waals surface area contributed by atoms with E-state index in [4.69, 9.17) is 5.11 Å². The topological polar surface area (TPSA) is 69.2 Å². The normalized spacial score (nSPS) is 10.7. The standard InChI is InChI=1S/C12H15N3O2/c1-3-15(4-2)8-5-6-10-9(7-8)11(12(16)17)14-13-10/h5-7H,3-4H2,1-2H3,(H,13,14)(H,16,17). The van der Waals surface area contributed by atoms with E-state index < -0.39 is 5.97 Å². The Balaban J connectivity index is 2.54. The Hall–Kier alpha value is -2.04. The fourth-order valence-electron chi connectivity index (χ4n) is 1.95. The summed E-state index contributed by atoms with van der Waals surface area (Å²) in [5.41, 5.74) is 1.85. The maximum atomic E-state index is 11.0.